The van der Waals surface area contributed by atoms with Crippen molar-refractivity contribution in [2.75, 3.05) is 6.61 Å². The first-order valence-electron chi connectivity index (χ1n) is 6.34. The van der Waals surface area contributed by atoms with E-state index in [-0.39, 0.29) is 17.8 Å². The summed E-state index contributed by atoms with van der Waals surface area (Å²) in [6.07, 6.45) is 0.803. The summed E-state index contributed by atoms with van der Waals surface area (Å²) in [5.41, 5.74) is 0. The van der Waals surface area contributed by atoms with Crippen molar-refractivity contribution in [2.24, 2.45) is 5.92 Å². The molecule has 100 valence electrons. The number of esters is 1. The number of nitrogens with zero attached hydrogens (tertiary/aromatic N) is 2. The van der Waals surface area contributed by atoms with Crippen LogP contribution in [0.3, 0.4) is 0 Å². The highest BCUT2D eigenvalue weighted by atomic mass is 32.1. The van der Waals surface area contributed by atoms with Crippen molar-refractivity contribution in [1.82, 2.24) is 15.2 Å². The van der Waals surface area contributed by atoms with Crippen molar-refractivity contribution in [2.45, 2.75) is 26.2 Å². The van der Waals surface area contributed by atoms with E-state index in [1.54, 1.807) is 11.3 Å². The van der Waals surface area contributed by atoms with Gasteiger partial charge in [0, 0.05) is 10.8 Å². The molecule has 2 heterocycles. The monoisotopic (exact) mass is 277 g/mol. The Kier molecular flexibility index (Phi) is 3.10. The van der Waals surface area contributed by atoms with Crippen molar-refractivity contribution >= 4 is 17.3 Å². The molecule has 0 spiro atoms. The van der Waals surface area contributed by atoms with Gasteiger partial charge in [-0.15, -0.1) is 11.3 Å². The zero-order valence-corrected chi connectivity index (χ0v) is 11.7. The Morgan fingerprint density at radius 3 is 3.11 bits per heavy atom. The number of aryl methyl sites for hydroxylation is 1. The third-order valence-electron chi connectivity index (χ3n) is 3.19. The van der Waals surface area contributed by atoms with E-state index in [0.29, 0.717) is 12.4 Å². The predicted molar refractivity (Wildman–Crippen MR) is 71.9 cm³/mol. The molecule has 0 amide bonds. The second kappa shape index (κ2) is 4.77. The third-order valence-corrected chi connectivity index (χ3v) is 4.19. The summed E-state index contributed by atoms with van der Waals surface area (Å²) in [7, 11) is 0. The minimum Gasteiger partial charge on any atom is -0.466 e. The largest absolute Gasteiger partial charge is 0.466 e. The van der Waals surface area contributed by atoms with Gasteiger partial charge in [-0.1, -0.05) is 0 Å². The maximum atomic E-state index is 11.6. The van der Waals surface area contributed by atoms with E-state index in [9.17, 15) is 4.79 Å². The molecule has 3 rings (SSSR count). The first-order chi connectivity index (χ1) is 9.19. The Balaban J connectivity index is 1.72. The number of hydrogen-bond acceptors (Lipinski definition) is 5. The van der Waals surface area contributed by atoms with Gasteiger partial charge in [-0.25, -0.2) is 4.98 Å². The van der Waals surface area contributed by atoms with Crippen LogP contribution in [-0.2, 0) is 9.53 Å². The third kappa shape index (κ3) is 2.40. The lowest BCUT2D eigenvalue weighted by atomic mass is 10.3. The van der Waals surface area contributed by atoms with Crippen LogP contribution in [0.15, 0.2) is 12.1 Å². The number of thiophene rings is 1. The minimum atomic E-state index is -0.127. The zero-order chi connectivity index (χ0) is 13.4. The zero-order valence-electron chi connectivity index (χ0n) is 10.8. The molecule has 1 N–H and O–H groups in total. The molecule has 5 nitrogen and oxygen atoms in total. The van der Waals surface area contributed by atoms with Gasteiger partial charge in [0.15, 0.2) is 5.82 Å². The van der Waals surface area contributed by atoms with Gasteiger partial charge in [-0.3, -0.25) is 9.89 Å². The maximum Gasteiger partial charge on any atom is 0.309 e. The highest BCUT2D eigenvalue weighted by Crippen LogP contribution is 2.47. The molecular weight excluding hydrogens is 262 g/mol. The standard InChI is InChI=1S/C13H15N3O2S/c1-3-18-13(17)9-6-8(9)11-14-12(16-15-11)10-5-4-7(2)19-10/h4-5,8-9H,3,6H2,1-2H3,(H,14,15,16)/t8-,9-/m1/s1. The molecule has 19 heavy (non-hydrogen) atoms. The summed E-state index contributed by atoms with van der Waals surface area (Å²) in [5.74, 6) is 1.46. The lowest BCUT2D eigenvalue weighted by Crippen LogP contribution is -2.07. The second-order valence-electron chi connectivity index (χ2n) is 4.66. The van der Waals surface area contributed by atoms with Crippen molar-refractivity contribution in [3.8, 4) is 10.7 Å². The van der Waals surface area contributed by atoms with E-state index in [4.69, 9.17) is 4.74 Å². The summed E-state index contributed by atoms with van der Waals surface area (Å²) >= 11 is 1.66. The van der Waals surface area contributed by atoms with E-state index < -0.39 is 0 Å². The number of carbonyl (C=O) groups is 1. The van der Waals surface area contributed by atoms with Crippen LogP contribution >= 0.6 is 11.3 Å². The Morgan fingerprint density at radius 1 is 1.58 bits per heavy atom. The number of aromatic amines is 1. The Labute approximate surface area is 115 Å². The SMILES string of the molecule is CCOC(=O)[C@@H]1C[C@H]1c1nc(-c2ccc(C)s2)n[nH]1. The van der Waals surface area contributed by atoms with Gasteiger partial charge >= 0.3 is 5.97 Å². The summed E-state index contributed by atoms with van der Waals surface area (Å²) in [6, 6.07) is 4.07. The van der Waals surface area contributed by atoms with E-state index in [1.807, 2.05) is 13.0 Å². The highest BCUT2D eigenvalue weighted by molar-refractivity contribution is 7.15. The summed E-state index contributed by atoms with van der Waals surface area (Å²) < 4.78 is 5.01. The van der Waals surface area contributed by atoms with Crippen LogP contribution < -0.4 is 0 Å². The normalized spacial score (nSPS) is 21.4. The number of rotatable bonds is 4. The fraction of sp³-hybridized carbons (Fsp3) is 0.462. The molecular formula is C13H15N3O2S. The van der Waals surface area contributed by atoms with E-state index in [0.717, 1.165) is 17.1 Å². The van der Waals surface area contributed by atoms with E-state index >= 15 is 0 Å². The van der Waals surface area contributed by atoms with Crippen molar-refractivity contribution in [3.05, 3.63) is 22.8 Å². The molecule has 6 heteroatoms. The smallest absolute Gasteiger partial charge is 0.309 e. The lowest BCUT2D eigenvalue weighted by molar-refractivity contribution is -0.144. The highest BCUT2D eigenvalue weighted by Gasteiger charge is 2.47. The average Bonchev–Trinajstić information content (AvgIpc) is 2.82. The Morgan fingerprint density at radius 2 is 2.42 bits per heavy atom. The van der Waals surface area contributed by atoms with Crippen LogP contribution in [0.25, 0.3) is 10.7 Å². The second-order valence-corrected chi connectivity index (χ2v) is 5.94. The lowest BCUT2D eigenvalue weighted by Gasteiger charge is -1.98. The first-order valence-corrected chi connectivity index (χ1v) is 7.16. The van der Waals surface area contributed by atoms with Crippen molar-refractivity contribution in [1.29, 1.82) is 0 Å². The predicted octanol–water partition coefficient (Wildman–Crippen LogP) is 2.51. The summed E-state index contributed by atoms with van der Waals surface area (Å²) in [6.45, 7) is 4.30. The molecule has 1 saturated carbocycles. The van der Waals surface area contributed by atoms with Gasteiger partial charge in [0.05, 0.1) is 17.4 Å². The summed E-state index contributed by atoms with van der Waals surface area (Å²) in [4.78, 5) is 18.4. The molecule has 1 aliphatic carbocycles. The van der Waals surface area contributed by atoms with Gasteiger partial charge in [-0.05, 0) is 32.4 Å². The molecule has 1 aliphatic rings. The molecule has 0 aromatic carbocycles. The van der Waals surface area contributed by atoms with Gasteiger partial charge in [-0.2, -0.15) is 5.10 Å². The van der Waals surface area contributed by atoms with Gasteiger partial charge in [0.2, 0.25) is 0 Å². The Hall–Kier alpha value is -1.69. The maximum absolute atomic E-state index is 11.6. The molecule has 2 atom stereocenters. The van der Waals surface area contributed by atoms with Gasteiger partial charge < -0.3 is 4.74 Å². The van der Waals surface area contributed by atoms with Crippen LogP contribution in [-0.4, -0.2) is 27.8 Å². The molecule has 0 aliphatic heterocycles. The number of aromatic nitrogens is 3. The molecule has 0 radical (unpaired) electrons. The molecule has 2 aromatic heterocycles. The van der Waals surface area contributed by atoms with Crippen LogP contribution in [0, 0.1) is 12.8 Å². The minimum absolute atomic E-state index is 0.0502. The van der Waals surface area contributed by atoms with E-state index in [1.165, 1.54) is 4.88 Å². The molecule has 2 aromatic rings. The number of H-pyrrole nitrogens is 1. The van der Waals surface area contributed by atoms with Gasteiger partial charge in [0.25, 0.3) is 0 Å². The molecule has 0 saturated heterocycles. The van der Waals surface area contributed by atoms with Crippen molar-refractivity contribution < 1.29 is 9.53 Å². The molecule has 0 unspecified atom stereocenters. The Bertz CT molecular complexity index is 605. The summed E-state index contributed by atoms with van der Waals surface area (Å²) in [5, 5.41) is 7.16. The van der Waals surface area contributed by atoms with Crippen LogP contribution in [0.2, 0.25) is 0 Å². The number of carbonyl (C=O) groups excluding carboxylic acids is 1. The molecule has 0 bridgehead atoms. The quantitative estimate of drug-likeness (QED) is 0.872. The van der Waals surface area contributed by atoms with Crippen LogP contribution in [0.1, 0.15) is 30.0 Å². The number of nitrogens with one attached hydrogen (secondary N) is 1. The fourth-order valence-electron chi connectivity index (χ4n) is 2.11. The average molecular weight is 277 g/mol. The van der Waals surface area contributed by atoms with Crippen molar-refractivity contribution in [3.63, 3.8) is 0 Å². The topological polar surface area (TPSA) is 67.9 Å². The van der Waals surface area contributed by atoms with Crippen LogP contribution in [0.5, 0.6) is 0 Å². The van der Waals surface area contributed by atoms with E-state index in [2.05, 4.69) is 28.2 Å². The van der Waals surface area contributed by atoms with Gasteiger partial charge in [0.1, 0.15) is 5.82 Å². The fourth-order valence-corrected chi connectivity index (χ4v) is 2.91. The number of ether oxygens (including phenoxy) is 1. The number of hydrogen-bond donors (Lipinski definition) is 1. The van der Waals surface area contributed by atoms with Crippen LogP contribution in [0.4, 0.5) is 0 Å². The first kappa shape index (κ1) is 12.3. The molecule has 1 fully saturated rings.